The van der Waals surface area contributed by atoms with E-state index in [0.717, 1.165) is 12.8 Å². The van der Waals surface area contributed by atoms with Crippen LogP contribution in [0.15, 0.2) is 0 Å². The summed E-state index contributed by atoms with van der Waals surface area (Å²) in [6.45, 7) is 5.83. The van der Waals surface area contributed by atoms with Crippen LogP contribution < -0.4 is 0 Å². The van der Waals surface area contributed by atoms with Gasteiger partial charge in [-0.15, -0.1) is 0 Å². The number of aliphatic hydroxyl groups excluding tert-OH is 1. The second-order valence-electron chi connectivity index (χ2n) is 6.97. The van der Waals surface area contributed by atoms with E-state index >= 15 is 0 Å². The highest BCUT2D eigenvalue weighted by Crippen LogP contribution is 2.14. The fourth-order valence-electron chi connectivity index (χ4n) is 3.00. The quantitative estimate of drug-likeness (QED) is 0.296. The fourth-order valence-corrected chi connectivity index (χ4v) is 3.00. The van der Waals surface area contributed by atoms with Crippen molar-refractivity contribution in [2.45, 2.75) is 122 Å². The normalized spacial score (nSPS) is 12.5. The van der Waals surface area contributed by atoms with Gasteiger partial charge in [0.25, 0.3) is 0 Å². The Labute approximate surface area is 145 Å². The van der Waals surface area contributed by atoms with E-state index in [1.165, 1.54) is 83.5 Å². The molecule has 0 bridgehead atoms. The summed E-state index contributed by atoms with van der Waals surface area (Å²) in [5.74, 6) is -0.0327. The van der Waals surface area contributed by atoms with Crippen LogP contribution in [0.4, 0.5) is 0 Å². The minimum atomic E-state index is -0.832. The van der Waals surface area contributed by atoms with E-state index in [4.69, 9.17) is 0 Å². The molecule has 0 heterocycles. The average molecular weight is 326 g/mol. The number of rotatable bonds is 18. The number of Topliss-reactive ketones (excluding diaryl/α,β-unsaturated/α-hetero) is 1. The standard InChI is InChI=1S/C21H41O2/c1-3-5-6-7-8-9-10-11-12-13-14-15-16-17-18-19-21(23)20(22)4-2/h20,22H,2-19H2,1H3. The smallest absolute Gasteiger partial charge is 0.161 e. The van der Waals surface area contributed by atoms with Crippen LogP contribution in [0.3, 0.4) is 0 Å². The van der Waals surface area contributed by atoms with Crippen LogP contribution in [0.25, 0.3) is 0 Å². The van der Waals surface area contributed by atoms with E-state index in [1.807, 2.05) is 0 Å². The summed E-state index contributed by atoms with van der Waals surface area (Å²) < 4.78 is 0. The number of ketones is 1. The van der Waals surface area contributed by atoms with Gasteiger partial charge in [0.05, 0.1) is 0 Å². The first-order valence-corrected chi connectivity index (χ1v) is 10.2. The molecule has 1 N–H and O–H groups in total. The molecule has 1 radical (unpaired) electrons. The van der Waals surface area contributed by atoms with Gasteiger partial charge in [-0.1, -0.05) is 104 Å². The first-order chi connectivity index (χ1) is 11.2. The predicted molar refractivity (Wildman–Crippen MR) is 101 cm³/mol. The third kappa shape index (κ3) is 16.3. The Kier molecular flexibility index (Phi) is 17.7. The molecular formula is C21H41O2. The summed E-state index contributed by atoms with van der Waals surface area (Å²) in [7, 11) is 0. The molecule has 2 heteroatoms. The minimum absolute atomic E-state index is 0.0327. The molecule has 0 fully saturated rings. The molecule has 0 spiro atoms. The number of carbonyl (C=O) groups excluding carboxylic acids is 1. The van der Waals surface area contributed by atoms with Crippen LogP contribution in [-0.2, 0) is 4.79 Å². The van der Waals surface area contributed by atoms with Crippen molar-refractivity contribution < 1.29 is 9.90 Å². The van der Waals surface area contributed by atoms with Crippen molar-refractivity contribution in [1.82, 2.24) is 0 Å². The molecule has 23 heavy (non-hydrogen) atoms. The predicted octanol–water partition coefficient (Wildman–Crippen LogP) is 6.40. The molecule has 0 aromatic rings. The second-order valence-corrected chi connectivity index (χ2v) is 6.97. The van der Waals surface area contributed by atoms with Crippen molar-refractivity contribution >= 4 is 5.78 Å². The lowest BCUT2D eigenvalue weighted by Crippen LogP contribution is -2.18. The number of hydrogen-bond acceptors (Lipinski definition) is 2. The number of unbranched alkanes of at least 4 members (excludes halogenated alkanes) is 14. The summed E-state index contributed by atoms with van der Waals surface area (Å²) in [4.78, 5) is 11.4. The van der Waals surface area contributed by atoms with Crippen LogP contribution in [0.1, 0.15) is 116 Å². The lowest BCUT2D eigenvalue weighted by Gasteiger charge is -2.06. The van der Waals surface area contributed by atoms with E-state index in [1.54, 1.807) is 0 Å². The van der Waals surface area contributed by atoms with E-state index in [2.05, 4.69) is 13.8 Å². The molecule has 1 atom stereocenters. The zero-order chi connectivity index (χ0) is 17.2. The van der Waals surface area contributed by atoms with Crippen molar-refractivity contribution in [1.29, 1.82) is 0 Å². The molecule has 0 amide bonds. The van der Waals surface area contributed by atoms with Crippen molar-refractivity contribution in [3.05, 3.63) is 6.92 Å². The zero-order valence-electron chi connectivity index (χ0n) is 15.7. The van der Waals surface area contributed by atoms with E-state index < -0.39 is 6.10 Å². The number of hydrogen-bond donors (Lipinski definition) is 1. The highest BCUT2D eigenvalue weighted by atomic mass is 16.3. The van der Waals surface area contributed by atoms with E-state index in [9.17, 15) is 9.90 Å². The van der Waals surface area contributed by atoms with E-state index in [0.29, 0.717) is 12.8 Å². The molecule has 0 aliphatic carbocycles. The maximum Gasteiger partial charge on any atom is 0.161 e. The lowest BCUT2D eigenvalue weighted by molar-refractivity contribution is -0.127. The van der Waals surface area contributed by atoms with Gasteiger partial charge in [-0.3, -0.25) is 4.79 Å². The van der Waals surface area contributed by atoms with Gasteiger partial charge in [0, 0.05) is 6.42 Å². The Hall–Kier alpha value is -0.370. The maximum absolute atomic E-state index is 11.4. The van der Waals surface area contributed by atoms with Crippen molar-refractivity contribution in [2.75, 3.05) is 0 Å². The van der Waals surface area contributed by atoms with Gasteiger partial charge in [-0.2, -0.15) is 0 Å². The highest BCUT2D eigenvalue weighted by molar-refractivity contribution is 5.82. The van der Waals surface area contributed by atoms with Crippen LogP contribution >= 0.6 is 0 Å². The topological polar surface area (TPSA) is 37.3 Å². The molecule has 0 aromatic heterocycles. The van der Waals surface area contributed by atoms with Gasteiger partial charge in [0.2, 0.25) is 0 Å². The fraction of sp³-hybridized carbons (Fsp3) is 0.905. The monoisotopic (exact) mass is 325 g/mol. The molecule has 0 aromatic carbocycles. The first-order valence-electron chi connectivity index (χ1n) is 10.2. The molecular weight excluding hydrogens is 284 g/mol. The molecule has 2 nitrogen and oxygen atoms in total. The minimum Gasteiger partial charge on any atom is -0.385 e. The van der Waals surface area contributed by atoms with Crippen LogP contribution in [0.2, 0.25) is 0 Å². The molecule has 0 aliphatic heterocycles. The molecule has 0 saturated carbocycles. The third-order valence-electron chi connectivity index (χ3n) is 4.67. The molecule has 137 valence electrons. The van der Waals surface area contributed by atoms with Gasteiger partial charge in [0.15, 0.2) is 5.78 Å². The SMILES string of the molecule is [CH2]CC(O)C(=O)CCCCCCCCCCCCCCCCC. The van der Waals surface area contributed by atoms with Crippen molar-refractivity contribution in [3.8, 4) is 0 Å². The van der Waals surface area contributed by atoms with Gasteiger partial charge in [-0.25, -0.2) is 0 Å². The Morgan fingerprint density at radius 3 is 1.43 bits per heavy atom. The summed E-state index contributed by atoms with van der Waals surface area (Å²) in [5, 5.41) is 9.33. The average Bonchev–Trinajstić information content (AvgIpc) is 2.57. The maximum atomic E-state index is 11.4. The number of aliphatic hydroxyl groups is 1. The largest absolute Gasteiger partial charge is 0.385 e. The van der Waals surface area contributed by atoms with Gasteiger partial charge >= 0.3 is 0 Å². The van der Waals surface area contributed by atoms with Gasteiger partial charge in [-0.05, 0) is 12.8 Å². The van der Waals surface area contributed by atoms with E-state index in [-0.39, 0.29) is 5.78 Å². The van der Waals surface area contributed by atoms with Crippen LogP contribution in [-0.4, -0.2) is 17.0 Å². The van der Waals surface area contributed by atoms with Crippen molar-refractivity contribution in [2.24, 2.45) is 0 Å². The first kappa shape index (κ1) is 22.6. The summed E-state index contributed by atoms with van der Waals surface area (Å²) >= 11 is 0. The zero-order valence-corrected chi connectivity index (χ0v) is 15.7. The lowest BCUT2D eigenvalue weighted by atomic mass is 10.0. The Balaban J connectivity index is 3.09. The Bertz CT molecular complexity index is 250. The third-order valence-corrected chi connectivity index (χ3v) is 4.67. The Morgan fingerprint density at radius 2 is 1.09 bits per heavy atom. The summed E-state index contributed by atoms with van der Waals surface area (Å²) in [6.07, 6.45) is 20.0. The summed E-state index contributed by atoms with van der Waals surface area (Å²) in [5.41, 5.74) is 0. The van der Waals surface area contributed by atoms with Gasteiger partial charge < -0.3 is 5.11 Å². The highest BCUT2D eigenvalue weighted by Gasteiger charge is 2.11. The molecule has 0 rings (SSSR count). The van der Waals surface area contributed by atoms with Crippen LogP contribution in [0.5, 0.6) is 0 Å². The molecule has 1 unspecified atom stereocenters. The molecule has 0 saturated heterocycles. The molecule has 0 aliphatic rings. The number of carbonyl (C=O) groups is 1. The van der Waals surface area contributed by atoms with Crippen LogP contribution in [0, 0.1) is 6.92 Å². The summed E-state index contributed by atoms with van der Waals surface area (Å²) in [6, 6.07) is 0. The van der Waals surface area contributed by atoms with Gasteiger partial charge in [0.1, 0.15) is 6.10 Å². The second kappa shape index (κ2) is 18.0. The van der Waals surface area contributed by atoms with Crippen molar-refractivity contribution in [3.63, 3.8) is 0 Å². The Morgan fingerprint density at radius 1 is 0.739 bits per heavy atom.